The lowest BCUT2D eigenvalue weighted by Crippen LogP contribution is -2.31. The molecule has 1 atom stereocenters. The van der Waals surface area contributed by atoms with Crippen LogP contribution in [0.3, 0.4) is 0 Å². The predicted octanol–water partition coefficient (Wildman–Crippen LogP) is 2.73. The first-order valence-electron chi connectivity index (χ1n) is 7.77. The second kappa shape index (κ2) is 8.35. The Kier molecular flexibility index (Phi) is 6.20. The van der Waals surface area contributed by atoms with Crippen molar-refractivity contribution in [1.29, 1.82) is 0 Å². The number of benzene rings is 1. The van der Waals surface area contributed by atoms with Crippen LogP contribution in [0.1, 0.15) is 24.1 Å². The highest BCUT2D eigenvalue weighted by atomic mass is 16.5. The second-order valence-electron chi connectivity index (χ2n) is 5.55. The highest BCUT2D eigenvalue weighted by Crippen LogP contribution is 2.26. The van der Waals surface area contributed by atoms with Gasteiger partial charge in [0.1, 0.15) is 5.75 Å². The summed E-state index contributed by atoms with van der Waals surface area (Å²) in [5.74, 6) is 0.751. The summed E-state index contributed by atoms with van der Waals surface area (Å²) >= 11 is 0. The van der Waals surface area contributed by atoms with Gasteiger partial charge in [-0.05, 0) is 19.9 Å². The van der Waals surface area contributed by atoms with E-state index in [0.29, 0.717) is 18.8 Å². The molecule has 0 fully saturated rings. The summed E-state index contributed by atoms with van der Waals surface area (Å²) in [6.07, 6.45) is 3.36. The van der Waals surface area contributed by atoms with Gasteiger partial charge in [0.15, 0.2) is 0 Å². The summed E-state index contributed by atoms with van der Waals surface area (Å²) < 4.78 is 12.1. The molecule has 1 aromatic heterocycles. The Balaban J connectivity index is 1.96. The molecule has 0 spiro atoms. The van der Waals surface area contributed by atoms with Crippen molar-refractivity contribution in [3.8, 4) is 5.75 Å². The lowest BCUT2D eigenvalue weighted by atomic mass is 10.0. The van der Waals surface area contributed by atoms with Gasteiger partial charge in [0.05, 0.1) is 38.2 Å². The first-order valence-corrected chi connectivity index (χ1v) is 7.77. The number of carbonyl (C=O) groups excluding carboxylic acids is 1. The third-order valence-corrected chi connectivity index (χ3v) is 3.61. The van der Waals surface area contributed by atoms with E-state index in [9.17, 15) is 4.79 Å². The van der Waals surface area contributed by atoms with Crippen LogP contribution in [0.5, 0.6) is 5.75 Å². The Labute approximate surface area is 142 Å². The van der Waals surface area contributed by atoms with E-state index in [1.54, 1.807) is 31.3 Å². The molecule has 0 saturated carbocycles. The Hall–Kier alpha value is -2.54. The van der Waals surface area contributed by atoms with Crippen LogP contribution in [0.4, 0.5) is 10.5 Å². The average Bonchev–Trinajstić information content (AvgIpc) is 2.99. The minimum atomic E-state index is -0.294. The number of nitrogens with one attached hydrogen (secondary N) is 2. The van der Waals surface area contributed by atoms with E-state index in [4.69, 9.17) is 9.47 Å². The van der Waals surface area contributed by atoms with Crippen LogP contribution >= 0.6 is 0 Å². The van der Waals surface area contributed by atoms with Gasteiger partial charge in [-0.15, -0.1) is 0 Å². The summed E-state index contributed by atoms with van der Waals surface area (Å²) in [4.78, 5) is 12.2. The Morgan fingerprint density at radius 3 is 2.88 bits per heavy atom. The van der Waals surface area contributed by atoms with Gasteiger partial charge < -0.3 is 20.1 Å². The van der Waals surface area contributed by atoms with Crippen molar-refractivity contribution in [3.05, 3.63) is 41.7 Å². The molecule has 0 bridgehead atoms. The molecule has 7 nitrogen and oxygen atoms in total. The zero-order valence-electron chi connectivity index (χ0n) is 14.5. The van der Waals surface area contributed by atoms with Crippen LogP contribution < -0.4 is 15.4 Å². The molecular weight excluding hydrogens is 308 g/mol. The predicted molar refractivity (Wildman–Crippen MR) is 92.4 cm³/mol. The van der Waals surface area contributed by atoms with Gasteiger partial charge in [0.25, 0.3) is 0 Å². The van der Waals surface area contributed by atoms with Crippen molar-refractivity contribution in [2.24, 2.45) is 0 Å². The van der Waals surface area contributed by atoms with Crippen LogP contribution in [0.15, 0.2) is 30.6 Å². The molecule has 2 aromatic rings. The van der Waals surface area contributed by atoms with Gasteiger partial charge in [-0.25, -0.2) is 4.79 Å². The van der Waals surface area contributed by atoms with Crippen molar-refractivity contribution in [2.75, 3.05) is 26.1 Å². The Morgan fingerprint density at radius 1 is 1.38 bits per heavy atom. The number of hydrogen-bond donors (Lipinski definition) is 2. The molecule has 0 radical (unpaired) electrons. The fourth-order valence-electron chi connectivity index (χ4n) is 2.37. The molecular formula is C17H24N4O3. The van der Waals surface area contributed by atoms with E-state index in [2.05, 4.69) is 15.7 Å². The first-order chi connectivity index (χ1) is 11.5. The maximum Gasteiger partial charge on any atom is 0.319 e. The van der Waals surface area contributed by atoms with Crippen LogP contribution in [-0.4, -0.2) is 36.6 Å². The third-order valence-electron chi connectivity index (χ3n) is 3.61. The van der Waals surface area contributed by atoms with Gasteiger partial charge in [-0.1, -0.05) is 17.7 Å². The highest BCUT2D eigenvalue weighted by Gasteiger charge is 2.14. The lowest BCUT2D eigenvalue weighted by molar-refractivity contribution is 0.183. The minimum Gasteiger partial charge on any atom is -0.496 e. The number of aromatic nitrogens is 2. The molecule has 2 amide bonds. The summed E-state index contributed by atoms with van der Waals surface area (Å²) in [6.45, 7) is 5.12. The maximum absolute atomic E-state index is 12.2. The number of anilines is 1. The van der Waals surface area contributed by atoms with Crippen molar-refractivity contribution in [1.82, 2.24) is 15.1 Å². The summed E-state index contributed by atoms with van der Waals surface area (Å²) in [6, 6.07) is 5.40. The van der Waals surface area contributed by atoms with Crippen LogP contribution in [0, 0.1) is 6.92 Å². The molecule has 0 aliphatic carbocycles. The number of methoxy groups -OCH3 is 2. The molecule has 1 aromatic carbocycles. The van der Waals surface area contributed by atoms with Gasteiger partial charge >= 0.3 is 6.03 Å². The van der Waals surface area contributed by atoms with Crippen molar-refractivity contribution < 1.29 is 14.3 Å². The highest BCUT2D eigenvalue weighted by molar-refractivity contribution is 5.89. The molecule has 0 unspecified atom stereocenters. The molecule has 2 rings (SSSR count). The topological polar surface area (TPSA) is 77.4 Å². The summed E-state index contributed by atoms with van der Waals surface area (Å²) in [5.41, 5.74) is 2.68. The van der Waals surface area contributed by atoms with Crippen LogP contribution in [-0.2, 0) is 11.3 Å². The van der Waals surface area contributed by atoms with Gasteiger partial charge in [-0.3, -0.25) is 4.68 Å². The standard InChI is InChI=1S/C17H24N4O3/c1-12-5-6-16(24-4)15(9-12)13(2)19-17(22)20-14-10-18-21(11-14)7-8-23-3/h5-6,9-11,13H,7-8H2,1-4H3,(H2,19,20,22)/t13-/m1/s1. The molecule has 2 N–H and O–H groups in total. The normalized spacial score (nSPS) is 11.8. The quantitative estimate of drug-likeness (QED) is 0.817. The van der Waals surface area contributed by atoms with E-state index < -0.39 is 0 Å². The second-order valence-corrected chi connectivity index (χ2v) is 5.55. The fraction of sp³-hybridized carbons (Fsp3) is 0.412. The van der Waals surface area contributed by atoms with E-state index in [0.717, 1.165) is 16.9 Å². The van der Waals surface area contributed by atoms with Gasteiger partial charge in [0, 0.05) is 18.9 Å². The number of amides is 2. The Morgan fingerprint density at radius 2 is 2.17 bits per heavy atom. The molecule has 130 valence electrons. The monoisotopic (exact) mass is 332 g/mol. The zero-order chi connectivity index (χ0) is 17.5. The first kappa shape index (κ1) is 17.8. The van der Waals surface area contributed by atoms with E-state index in [1.807, 2.05) is 32.0 Å². The fourth-order valence-corrected chi connectivity index (χ4v) is 2.37. The smallest absolute Gasteiger partial charge is 0.319 e. The Bertz CT molecular complexity index is 684. The molecule has 24 heavy (non-hydrogen) atoms. The minimum absolute atomic E-state index is 0.191. The van der Waals surface area contributed by atoms with E-state index in [1.165, 1.54) is 0 Å². The maximum atomic E-state index is 12.2. The third kappa shape index (κ3) is 4.73. The number of urea groups is 1. The number of hydrogen-bond acceptors (Lipinski definition) is 4. The van der Waals surface area contributed by atoms with Crippen LogP contribution in [0.2, 0.25) is 0 Å². The van der Waals surface area contributed by atoms with Crippen LogP contribution in [0.25, 0.3) is 0 Å². The summed E-state index contributed by atoms with van der Waals surface area (Å²) in [7, 11) is 3.26. The van der Waals surface area contributed by atoms with Crippen molar-refractivity contribution >= 4 is 11.7 Å². The zero-order valence-corrected chi connectivity index (χ0v) is 14.5. The number of aryl methyl sites for hydroxylation is 1. The average molecular weight is 332 g/mol. The molecule has 0 aliphatic rings. The van der Waals surface area contributed by atoms with Gasteiger partial charge in [-0.2, -0.15) is 5.10 Å². The molecule has 0 saturated heterocycles. The lowest BCUT2D eigenvalue weighted by Gasteiger charge is -2.18. The molecule has 1 heterocycles. The summed E-state index contributed by atoms with van der Waals surface area (Å²) in [5, 5.41) is 9.84. The number of ether oxygens (including phenoxy) is 2. The SMILES string of the molecule is COCCn1cc(NC(=O)N[C@H](C)c2cc(C)ccc2OC)cn1. The van der Waals surface area contributed by atoms with Crippen molar-refractivity contribution in [2.45, 2.75) is 26.4 Å². The number of nitrogens with zero attached hydrogens (tertiary/aromatic N) is 2. The molecule has 0 aliphatic heterocycles. The number of rotatable bonds is 7. The van der Waals surface area contributed by atoms with E-state index in [-0.39, 0.29) is 12.1 Å². The number of carbonyl (C=O) groups is 1. The van der Waals surface area contributed by atoms with Gasteiger partial charge in [0.2, 0.25) is 0 Å². The largest absolute Gasteiger partial charge is 0.496 e. The van der Waals surface area contributed by atoms with Crippen molar-refractivity contribution in [3.63, 3.8) is 0 Å². The van der Waals surface area contributed by atoms with E-state index >= 15 is 0 Å². The molecule has 7 heteroatoms.